The number of rotatable bonds is 5. The molecule has 1 atom stereocenters. The Morgan fingerprint density at radius 1 is 0.971 bits per heavy atom. The number of hydrogen-bond acceptors (Lipinski definition) is 5. The van der Waals surface area contributed by atoms with Crippen molar-refractivity contribution in [3.05, 3.63) is 59.2 Å². The van der Waals surface area contributed by atoms with Gasteiger partial charge in [-0.1, -0.05) is 24.3 Å². The molecule has 0 saturated heterocycles. The summed E-state index contributed by atoms with van der Waals surface area (Å²) in [6.45, 7) is 0.614. The first-order valence-electron chi connectivity index (χ1n) is 12.4. The fourth-order valence-electron chi connectivity index (χ4n) is 7.58. The van der Waals surface area contributed by atoms with Gasteiger partial charge in [-0.25, -0.2) is 5.43 Å². The minimum atomic E-state index is -0.424. The van der Waals surface area contributed by atoms with E-state index in [0.29, 0.717) is 35.6 Å². The Bertz CT molecular complexity index is 1140. The highest BCUT2D eigenvalue weighted by molar-refractivity contribution is 5.99. The van der Waals surface area contributed by atoms with E-state index in [0.717, 1.165) is 36.1 Å². The Labute approximate surface area is 198 Å². The fraction of sp³-hybridized carbons (Fsp3) is 0.481. The van der Waals surface area contributed by atoms with Crippen molar-refractivity contribution in [3.63, 3.8) is 0 Å². The van der Waals surface area contributed by atoms with Crippen LogP contribution in [0, 0.1) is 23.2 Å². The monoisotopic (exact) mass is 459 g/mol. The minimum Gasteiger partial charge on any atom is -0.454 e. The Kier molecular flexibility index (Phi) is 4.47. The Morgan fingerprint density at radius 2 is 1.68 bits per heavy atom. The van der Waals surface area contributed by atoms with Crippen LogP contribution in [0.1, 0.15) is 66.2 Å². The highest BCUT2D eigenvalue weighted by Crippen LogP contribution is 2.60. The van der Waals surface area contributed by atoms with Crippen molar-refractivity contribution in [3.8, 4) is 11.5 Å². The molecule has 2 aromatic carbocycles. The maximum atomic E-state index is 13.5. The summed E-state index contributed by atoms with van der Waals surface area (Å²) < 4.78 is 10.9. The largest absolute Gasteiger partial charge is 0.454 e. The van der Waals surface area contributed by atoms with Crippen molar-refractivity contribution < 1.29 is 19.1 Å². The predicted octanol–water partition coefficient (Wildman–Crippen LogP) is 3.91. The van der Waals surface area contributed by atoms with Gasteiger partial charge in [0.1, 0.15) is 6.17 Å². The van der Waals surface area contributed by atoms with Crippen molar-refractivity contribution in [2.24, 2.45) is 23.2 Å². The third-order valence-corrected chi connectivity index (χ3v) is 8.69. The molecule has 6 aliphatic rings. The molecule has 2 aliphatic heterocycles. The zero-order valence-electron chi connectivity index (χ0n) is 19.1. The number of nitrogens with one attached hydrogen (secondary N) is 2. The van der Waals surface area contributed by atoms with E-state index in [1.807, 2.05) is 42.5 Å². The van der Waals surface area contributed by atoms with Gasteiger partial charge in [0.15, 0.2) is 11.5 Å². The number of carbonyl (C=O) groups excluding carboxylic acids is 2. The van der Waals surface area contributed by atoms with Gasteiger partial charge in [0.2, 0.25) is 12.7 Å². The lowest BCUT2D eigenvalue weighted by Gasteiger charge is -2.55. The fourth-order valence-corrected chi connectivity index (χ4v) is 7.58. The molecule has 0 aromatic heterocycles. The first-order chi connectivity index (χ1) is 16.6. The summed E-state index contributed by atoms with van der Waals surface area (Å²) in [6, 6.07) is 13.4. The van der Waals surface area contributed by atoms with E-state index < -0.39 is 6.17 Å². The van der Waals surface area contributed by atoms with Gasteiger partial charge in [-0.15, -0.1) is 0 Å². The van der Waals surface area contributed by atoms with Crippen LogP contribution < -0.4 is 20.3 Å². The number of fused-ring (bicyclic) bond motifs is 2. The van der Waals surface area contributed by atoms with Crippen LogP contribution >= 0.6 is 0 Å². The smallest absolute Gasteiger partial charge is 0.256 e. The van der Waals surface area contributed by atoms with Gasteiger partial charge < -0.3 is 14.4 Å². The molecule has 176 valence electrons. The molecule has 7 heteroatoms. The molecule has 0 radical (unpaired) electrons. The van der Waals surface area contributed by atoms with Gasteiger partial charge in [0.05, 0.1) is 5.41 Å². The number of carbonyl (C=O) groups is 2. The molecule has 4 bridgehead atoms. The molecule has 4 saturated carbocycles. The van der Waals surface area contributed by atoms with Crippen LogP contribution in [0.5, 0.6) is 11.5 Å². The van der Waals surface area contributed by atoms with Crippen LogP contribution in [-0.2, 0) is 11.3 Å². The molecule has 1 unspecified atom stereocenters. The van der Waals surface area contributed by atoms with E-state index in [2.05, 4.69) is 10.9 Å². The summed E-state index contributed by atoms with van der Waals surface area (Å²) in [5.41, 5.74) is 8.60. The van der Waals surface area contributed by atoms with E-state index in [-0.39, 0.29) is 24.0 Å². The number of nitrogens with zero attached hydrogens (tertiary/aromatic N) is 1. The van der Waals surface area contributed by atoms with Crippen molar-refractivity contribution >= 4 is 11.8 Å². The van der Waals surface area contributed by atoms with Gasteiger partial charge in [-0.05, 0) is 80.0 Å². The molecular weight excluding hydrogens is 430 g/mol. The quantitative estimate of drug-likeness (QED) is 0.663. The SMILES string of the molecule is O=C1c2ccccc2C(NNC(=O)C23CC4CC(CC(C4)C2)C3)N1Cc1ccc2c(c1)OCO2. The standard InChI is InChI=1S/C27H29N3O4/c31-25-21-4-2-1-3-20(21)24(30(25)14-16-5-6-22-23(10-16)34-15-33-22)28-29-26(32)27-11-17-7-18(12-27)9-19(8-17)13-27/h1-6,10,17-19,24,28H,7-9,11-15H2,(H,29,32). The maximum absolute atomic E-state index is 13.5. The van der Waals surface area contributed by atoms with Crippen LogP contribution in [0.15, 0.2) is 42.5 Å². The third kappa shape index (κ3) is 3.13. The van der Waals surface area contributed by atoms with Gasteiger partial charge in [-0.2, -0.15) is 0 Å². The zero-order chi connectivity index (χ0) is 22.9. The Hall–Kier alpha value is -3.06. The van der Waals surface area contributed by atoms with Crippen molar-refractivity contribution in [1.29, 1.82) is 0 Å². The first-order valence-corrected chi connectivity index (χ1v) is 12.4. The minimum absolute atomic E-state index is 0.0465. The molecular formula is C27H29N3O4. The lowest BCUT2D eigenvalue weighted by molar-refractivity contribution is -0.148. The molecule has 2 N–H and O–H groups in total. The van der Waals surface area contributed by atoms with Gasteiger partial charge in [0.25, 0.3) is 5.91 Å². The molecule has 2 aromatic rings. The Morgan fingerprint density at radius 3 is 2.44 bits per heavy atom. The summed E-state index contributed by atoms with van der Waals surface area (Å²) in [4.78, 5) is 28.6. The maximum Gasteiger partial charge on any atom is 0.256 e. The number of benzene rings is 2. The van der Waals surface area contributed by atoms with E-state index >= 15 is 0 Å². The van der Waals surface area contributed by atoms with E-state index in [4.69, 9.17) is 9.47 Å². The van der Waals surface area contributed by atoms with Gasteiger partial charge in [0, 0.05) is 17.7 Å². The average Bonchev–Trinajstić information content (AvgIpc) is 3.39. The van der Waals surface area contributed by atoms with Crippen LogP contribution in [0.4, 0.5) is 0 Å². The summed E-state index contributed by atoms with van der Waals surface area (Å²) in [7, 11) is 0. The summed E-state index contributed by atoms with van der Waals surface area (Å²) in [5.74, 6) is 3.58. The number of amides is 2. The first kappa shape index (κ1) is 20.3. The molecule has 34 heavy (non-hydrogen) atoms. The lowest BCUT2D eigenvalue weighted by Crippen LogP contribution is -2.57. The zero-order valence-corrected chi connectivity index (χ0v) is 19.1. The van der Waals surface area contributed by atoms with Crippen LogP contribution in [-0.4, -0.2) is 23.5 Å². The number of hydrogen-bond donors (Lipinski definition) is 2. The third-order valence-electron chi connectivity index (χ3n) is 8.69. The summed E-state index contributed by atoms with van der Waals surface area (Å²) in [5, 5.41) is 0. The number of hydrazine groups is 1. The normalized spacial score (nSPS) is 32.2. The van der Waals surface area contributed by atoms with Crippen LogP contribution in [0.25, 0.3) is 0 Å². The van der Waals surface area contributed by atoms with Crippen LogP contribution in [0.2, 0.25) is 0 Å². The van der Waals surface area contributed by atoms with Crippen molar-refractivity contribution in [2.75, 3.05) is 6.79 Å². The van der Waals surface area contributed by atoms with Crippen LogP contribution in [0.3, 0.4) is 0 Å². The van der Waals surface area contributed by atoms with Gasteiger partial charge >= 0.3 is 0 Å². The average molecular weight is 460 g/mol. The molecule has 2 heterocycles. The Balaban J connectivity index is 1.12. The number of ether oxygens (including phenoxy) is 2. The van der Waals surface area contributed by atoms with E-state index in [1.54, 1.807) is 4.90 Å². The van der Waals surface area contributed by atoms with Crippen molar-refractivity contribution in [2.45, 2.75) is 51.2 Å². The molecule has 0 spiro atoms. The molecule has 2 amide bonds. The predicted molar refractivity (Wildman–Crippen MR) is 124 cm³/mol. The molecule has 7 nitrogen and oxygen atoms in total. The second-order valence-corrected chi connectivity index (χ2v) is 10.9. The second-order valence-electron chi connectivity index (χ2n) is 10.9. The highest BCUT2D eigenvalue weighted by atomic mass is 16.7. The highest BCUT2D eigenvalue weighted by Gasteiger charge is 2.54. The van der Waals surface area contributed by atoms with Crippen molar-refractivity contribution in [1.82, 2.24) is 15.8 Å². The van der Waals surface area contributed by atoms with E-state index in [9.17, 15) is 9.59 Å². The second kappa shape index (κ2) is 7.47. The van der Waals surface area contributed by atoms with E-state index in [1.165, 1.54) is 19.3 Å². The molecule has 4 fully saturated rings. The van der Waals surface area contributed by atoms with Gasteiger partial charge in [-0.3, -0.25) is 15.0 Å². The topological polar surface area (TPSA) is 79.9 Å². The molecule has 4 aliphatic carbocycles. The summed E-state index contributed by atoms with van der Waals surface area (Å²) >= 11 is 0. The molecule has 8 rings (SSSR count). The lowest BCUT2D eigenvalue weighted by atomic mass is 9.49. The summed E-state index contributed by atoms with van der Waals surface area (Å²) in [6.07, 6.45) is 6.50.